The van der Waals surface area contributed by atoms with Gasteiger partial charge in [-0.1, -0.05) is 41.4 Å². The molecule has 0 aliphatic carbocycles. The lowest BCUT2D eigenvalue weighted by Gasteiger charge is -2.07. The van der Waals surface area contributed by atoms with E-state index >= 15 is 0 Å². The van der Waals surface area contributed by atoms with Gasteiger partial charge in [0, 0.05) is 0 Å². The van der Waals surface area contributed by atoms with Crippen molar-refractivity contribution in [3.05, 3.63) is 58.1 Å². The number of amides is 1. The minimum atomic E-state index is -0.451. The number of hydrogen-bond donors (Lipinski definition) is 2. The first kappa shape index (κ1) is 16.1. The van der Waals surface area contributed by atoms with E-state index in [0.717, 1.165) is 0 Å². The molecule has 2 rings (SSSR count). The van der Waals surface area contributed by atoms with Crippen LogP contribution in [0.4, 0.5) is 0 Å². The van der Waals surface area contributed by atoms with Gasteiger partial charge in [-0.05, 0) is 29.8 Å². The molecule has 0 bridgehead atoms. The quantitative estimate of drug-likeness (QED) is 0.649. The molecule has 114 valence electrons. The van der Waals surface area contributed by atoms with Crippen molar-refractivity contribution in [3.8, 4) is 11.5 Å². The molecule has 0 aromatic heterocycles. The van der Waals surface area contributed by atoms with Gasteiger partial charge >= 0.3 is 0 Å². The second kappa shape index (κ2) is 7.68. The normalized spacial score (nSPS) is 10.6. The van der Waals surface area contributed by atoms with Gasteiger partial charge < -0.3 is 9.84 Å². The van der Waals surface area contributed by atoms with Crippen molar-refractivity contribution in [2.45, 2.75) is 0 Å². The number of ether oxygens (including phenoxy) is 1. The van der Waals surface area contributed by atoms with E-state index in [2.05, 4.69) is 10.5 Å². The Hall–Kier alpha value is -2.24. The molecule has 0 unspecified atom stereocenters. The largest absolute Gasteiger partial charge is 0.508 e. The van der Waals surface area contributed by atoms with Crippen molar-refractivity contribution in [1.82, 2.24) is 5.43 Å². The molecule has 0 saturated heterocycles. The minimum absolute atomic E-state index is 0.120. The zero-order valence-corrected chi connectivity index (χ0v) is 12.8. The highest BCUT2D eigenvalue weighted by Gasteiger charge is 2.07. The number of benzene rings is 2. The summed E-state index contributed by atoms with van der Waals surface area (Å²) in [5, 5.41) is 13.6. The van der Waals surface area contributed by atoms with Crippen LogP contribution in [-0.4, -0.2) is 23.8 Å². The van der Waals surface area contributed by atoms with E-state index in [0.29, 0.717) is 16.3 Å². The number of nitrogens with one attached hydrogen (secondary N) is 1. The van der Waals surface area contributed by atoms with Gasteiger partial charge in [-0.3, -0.25) is 4.79 Å². The zero-order chi connectivity index (χ0) is 15.9. The van der Waals surface area contributed by atoms with Crippen LogP contribution in [0, 0.1) is 0 Å². The van der Waals surface area contributed by atoms with Crippen LogP contribution in [0.25, 0.3) is 0 Å². The number of hydrogen-bond acceptors (Lipinski definition) is 4. The van der Waals surface area contributed by atoms with Crippen molar-refractivity contribution >= 4 is 35.3 Å². The summed E-state index contributed by atoms with van der Waals surface area (Å²) < 4.78 is 5.26. The molecule has 7 heteroatoms. The van der Waals surface area contributed by atoms with Crippen LogP contribution < -0.4 is 10.2 Å². The van der Waals surface area contributed by atoms with Gasteiger partial charge in [0.05, 0.1) is 11.2 Å². The molecule has 5 nitrogen and oxygen atoms in total. The highest BCUT2D eigenvalue weighted by atomic mass is 35.5. The van der Waals surface area contributed by atoms with Crippen LogP contribution in [0.1, 0.15) is 5.56 Å². The summed E-state index contributed by atoms with van der Waals surface area (Å²) in [5.74, 6) is -0.0112. The smallest absolute Gasteiger partial charge is 0.277 e. The highest BCUT2D eigenvalue weighted by Crippen LogP contribution is 2.31. The molecule has 2 N–H and O–H groups in total. The fraction of sp³-hybridized carbons (Fsp3) is 0.0667. The maximum atomic E-state index is 11.6. The molecule has 2 aromatic rings. The summed E-state index contributed by atoms with van der Waals surface area (Å²) in [6.45, 7) is -0.253. The molecule has 0 saturated carbocycles. The maximum absolute atomic E-state index is 11.6. The van der Waals surface area contributed by atoms with E-state index in [1.165, 1.54) is 12.3 Å². The summed E-state index contributed by atoms with van der Waals surface area (Å²) in [6, 6.07) is 11.4. The lowest BCUT2D eigenvalue weighted by atomic mass is 10.2. The van der Waals surface area contributed by atoms with Gasteiger partial charge in [0.1, 0.15) is 16.5 Å². The van der Waals surface area contributed by atoms with Crippen molar-refractivity contribution in [2.24, 2.45) is 5.10 Å². The van der Waals surface area contributed by atoms with Crippen LogP contribution in [0.15, 0.2) is 47.6 Å². The molecule has 22 heavy (non-hydrogen) atoms. The summed E-state index contributed by atoms with van der Waals surface area (Å²) in [7, 11) is 0. The summed E-state index contributed by atoms with van der Waals surface area (Å²) in [4.78, 5) is 11.6. The first-order valence-corrected chi connectivity index (χ1v) is 6.99. The number of halogens is 2. The molecular weight excluding hydrogens is 327 g/mol. The Morgan fingerprint density at radius 3 is 2.82 bits per heavy atom. The van der Waals surface area contributed by atoms with Gasteiger partial charge in [0.25, 0.3) is 5.91 Å². The highest BCUT2D eigenvalue weighted by molar-refractivity contribution is 6.42. The number of phenols is 1. The monoisotopic (exact) mass is 338 g/mol. The van der Waals surface area contributed by atoms with Gasteiger partial charge in [-0.25, -0.2) is 5.43 Å². The second-order valence-corrected chi connectivity index (χ2v) is 5.01. The van der Waals surface area contributed by atoms with Crippen molar-refractivity contribution in [3.63, 3.8) is 0 Å². The van der Waals surface area contributed by atoms with Crippen LogP contribution in [0.2, 0.25) is 10.0 Å². The Morgan fingerprint density at radius 1 is 1.27 bits per heavy atom. The third-order valence-corrected chi connectivity index (χ3v) is 3.35. The molecule has 0 aliphatic heterocycles. The Balaban J connectivity index is 1.84. The lowest BCUT2D eigenvalue weighted by molar-refractivity contribution is -0.123. The topological polar surface area (TPSA) is 70.9 Å². The number of phenolic OH excluding ortho intramolecular Hbond substituents is 1. The van der Waals surface area contributed by atoms with Crippen LogP contribution >= 0.6 is 23.2 Å². The van der Waals surface area contributed by atoms with E-state index in [1.54, 1.807) is 36.4 Å². The first-order valence-electron chi connectivity index (χ1n) is 6.24. The number of hydrazone groups is 1. The lowest BCUT2D eigenvalue weighted by Crippen LogP contribution is -2.24. The number of nitrogens with zero attached hydrogens (tertiary/aromatic N) is 1. The Bertz CT molecular complexity index is 705. The predicted molar refractivity (Wildman–Crippen MR) is 85.8 cm³/mol. The van der Waals surface area contributed by atoms with Gasteiger partial charge in [-0.2, -0.15) is 5.10 Å². The Labute approximate surface area is 137 Å². The fourth-order valence-electron chi connectivity index (χ4n) is 1.55. The number of carbonyl (C=O) groups is 1. The van der Waals surface area contributed by atoms with E-state index in [9.17, 15) is 9.90 Å². The minimum Gasteiger partial charge on any atom is -0.508 e. The third-order valence-electron chi connectivity index (χ3n) is 2.55. The van der Waals surface area contributed by atoms with Crippen LogP contribution in [0.3, 0.4) is 0 Å². The first-order chi connectivity index (χ1) is 10.6. The summed E-state index contributed by atoms with van der Waals surface area (Å²) in [5.41, 5.74) is 2.95. The maximum Gasteiger partial charge on any atom is 0.277 e. The molecule has 2 aromatic carbocycles. The molecule has 0 atom stereocenters. The number of carbonyl (C=O) groups excluding carboxylic acids is 1. The van der Waals surface area contributed by atoms with Gasteiger partial charge in [0.2, 0.25) is 0 Å². The van der Waals surface area contributed by atoms with Crippen molar-refractivity contribution in [1.29, 1.82) is 0 Å². The van der Waals surface area contributed by atoms with E-state index < -0.39 is 5.91 Å². The standard InChI is InChI=1S/C15H12Cl2N2O3/c16-12-5-2-6-13(15(12)17)22-9-14(21)19-18-8-10-3-1-4-11(20)7-10/h1-8,20H,9H2,(H,19,21). The predicted octanol–water partition coefficient (Wildman–Crippen LogP) is 3.23. The van der Waals surface area contributed by atoms with Gasteiger partial charge in [-0.15, -0.1) is 0 Å². The number of rotatable bonds is 5. The average Bonchev–Trinajstić information content (AvgIpc) is 2.49. The SMILES string of the molecule is O=C(COc1cccc(Cl)c1Cl)NN=Cc1cccc(O)c1. The van der Waals surface area contributed by atoms with Crippen LogP contribution in [-0.2, 0) is 4.79 Å². The molecule has 0 heterocycles. The van der Waals surface area contributed by atoms with E-state index in [4.69, 9.17) is 27.9 Å². The third kappa shape index (κ3) is 4.65. The molecular formula is C15H12Cl2N2O3. The fourth-order valence-corrected chi connectivity index (χ4v) is 1.90. The summed E-state index contributed by atoms with van der Waals surface area (Å²) in [6.07, 6.45) is 1.41. The Morgan fingerprint density at radius 2 is 2.05 bits per heavy atom. The molecule has 1 amide bonds. The van der Waals surface area contributed by atoms with E-state index in [-0.39, 0.29) is 17.4 Å². The molecule has 0 aliphatic rings. The molecule has 0 radical (unpaired) electrons. The molecule has 0 fully saturated rings. The van der Waals surface area contributed by atoms with Gasteiger partial charge in [0.15, 0.2) is 6.61 Å². The molecule has 0 spiro atoms. The van der Waals surface area contributed by atoms with Crippen LogP contribution in [0.5, 0.6) is 11.5 Å². The van der Waals surface area contributed by atoms with Crippen molar-refractivity contribution in [2.75, 3.05) is 6.61 Å². The Kier molecular flexibility index (Phi) is 5.63. The summed E-state index contributed by atoms with van der Waals surface area (Å²) >= 11 is 11.8. The number of aromatic hydroxyl groups is 1. The zero-order valence-electron chi connectivity index (χ0n) is 11.3. The average molecular weight is 339 g/mol. The van der Waals surface area contributed by atoms with E-state index in [1.807, 2.05) is 0 Å². The van der Waals surface area contributed by atoms with Crippen molar-refractivity contribution < 1.29 is 14.6 Å². The second-order valence-electron chi connectivity index (χ2n) is 4.23.